The molecule has 4 rings (SSSR count). The van der Waals surface area contributed by atoms with E-state index in [0.717, 1.165) is 28.4 Å². The van der Waals surface area contributed by atoms with Crippen molar-refractivity contribution in [3.8, 4) is 11.5 Å². The van der Waals surface area contributed by atoms with Crippen LogP contribution in [0, 0.1) is 0 Å². The standard InChI is InChI=1S/C14H15N3O2S/c15-13(20)7-17-10-6-12-11(18-3-4-19-12)5-9(10)16-14(17)8-1-2-8/h5-6,8H,1-4,7H2,(H2,15,20). The Kier molecular flexibility index (Phi) is 2.60. The van der Waals surface area contributed by atoms with Crippen molar-refractivity contribution in [2.75, 3.05) is 13.2 Å². The summed E-state index contributed by atoms with van der Waals surface area (Å²) in [7, 11) is 0. The lowest BCUT2D eigenvalue weighted by Gasteiger charge is -2.18. The van der Waals surface area contributed by atoms with Crippen molar-refractivity contribution in [3.05, 3.63) is 18.0 Å². The zero-order valence-electron chi connectivity index (χ0n) is 11.0. The second kappa shape index (κ2) is 4.34. The van der Waals surface area contributed by atoms with Crippen molar-refractivity contribution in [2.45, 2.75) is 25.3 Å². The summed E-state index contributed by atoms with van der Waals surface area (Å²) in [5.74, 6) is 3.16. The number of benzene rings is 1. The molecule has 6 heteroatoms. The van der Waals surface area contributed by atoms with Gasteiger partial charge in [0.05, 0.1) is 22.6 Å². The van der Waals surface area contributed by atoms with E-state index in [1.807, 2.05) is 12.1 Å². The maximum atomic E-state index is 5.73. The Bertz CT molecular complexity index is 706. The molecule has 0 spiro atoms. The van der Waals surface area contributed by atoms with Crippen LogP contribution >= 0.6 is 12.2 Å². The molecule has 1 aromatic carbocycles. The van der Waals surface area contributed by atoms with E-state index in [9.17, 15) is 0 Å². The lowest BCUT2D eigenvalue weighted by atomic mass is 10.2. The number of imidazole rings is 1. The normalized spacial score (nSPS) is 17.4. The third kappa shape index (κ3) is 1.91. The smallest absolute Gasteiger partial charge is 0.163 e. The molecule has 2 aliphatic rings. The number of hydrogen-bond acceptors (Lipinski definition) is 4. The van der Waals surface area contributed by atoms with Gasteiger partial charge in [0, 0.05) is 18.1 Å². The number of ether oxygens (including phenoxy) is 2. The van der Waals surface area contributed by atoms with Gasteiger partial charge in [0.15, 0.2) is 11.5 Å². The molecule has 1 fully saturated rings. The van der Waals surface area contributed by atoms with E-state index in [2.05, 4.69) is 4.57 Å². The zero-order chi connectivity index (χ0) is 13.7. The van der Waals surface area contributed by atoms with Crippen LogP contribution in [0.15, 0.2) is 12.1 Å². The Morgan fingerprint density at radius 1 is 1.30 bits per heavy atom. The first-order valence-corrected chi connectivity index (χ1v) is 7.21. The third-order valence-electron chi connectivity index (χ3n) is 3.70. The van der Waals surface area contributed by atoms with Crippen molar-refractivity contribution < 1.29 is 9.47 Å². The van der Waals surface area contributed by atoms with Gasteiger partial charge in [0.25, 0.3) is 0 Å². The molecule has 20 heavy (non-hydrogen) atoms. The van der Waals surface area contributed by atoms with E-state index in [4.69, 9.17) is 32.4 Å². The fourth-order valence-electron chi connectivity index (χ4n) is 2.66. The SMILES string of the molecule is NC(=S)Cn1c(C2CC2)nc2cc3c(cc21)OCCO3. The topological polar surface area (TPSA) is 62.3 Å². The highest BCUT2D eigenvalue weighted by molar-refractivity contribution is 7.80. The van der Waals surface area contributed by atoms with Crippen LogP contribution in [-0.2, 0) is 6.54 Å². The number of hydrogen-bond donors (Lipinski definition) is 1. The van der Waals surface area contributed by atoms with Crippen LogP contribution in [0.3, 0.4) is 0 Å². The number of nitrogens with zero attached hydrogens (tertiary/aromatic N) is 2. The van der Waals surface area contributed by atoms with Gasteiger partial charge in [-0.2, -0.15) is 0 Å². The van der Waals surface area contributed by atoms with Gasteiger partial charge < -0.3 is 19.8 Å². The van der Waals surface area contributed by atoms with Crippen molar-refractivity contribution >= 4 is 28.2 Å². The molecule has 1 aromatic heterocycles. The van der Waals surface area contributed by atoms with E-state index < -0.39 is 0 Å². The van der Waals surface area contributed by atoms with Crippen LogP contribution in [0.5, 0.6) is 11.5 Å². The lowest BCUT2D eigenvalue weighted by molar-refractivity contribution is 0.172. The Morgan fingerprint density at radius 3 is 2.65 bits per heavy atom. The molecular formula is C14H15N3O2S. The van der Waals surface area contributed by atoms with Crippen LogP contribution in [0.25, 0.3) is 11.0 Å². The average Bonchev–Trinajstić information content (AvgIpc) is 3.21. The van der Waals surface area contributed by atoms with Crippen molar-refractivity contribution in [3.63, 3.8) is 0 Å². The molecular weight excluding hydrogens is 274 g/mol. The zero-order valence-corrected chi connectivity index (χ0v) is 11.8. The minimum absolute atomic E-state index is 0.473. The van der Waals surface area contributed by atoms with Crippen LogP contribution in [0.2, 0.25) is 0 Å². The number of aromatic nitrogens is 2. The monoisotopic (exact) mass is 289 g/mol. The Hall–Kier alpha value is -1.82. The molecule has 5 nitrogen and oxygen atoms in total. The van der Waals surface area contributed by atoms with Gasteiger partial charge >= 0.3 is 0 Å². The Labute approximate surface area is 121 Å². The first kappa shape index (κ1) is 12.0. The highest BCUT2D eigenvalue weighted by Gasteiger charge is 2.30. The van der Waals surface area contributed by atoms with E-state index in [0.29, 0.717) is 30.7 Å². The predicted molar refractivity (Wildman–Crippen MR) is 79.5 cm³/mol. The summed E-state index contributed by atoms with van der Waals surface area (Å²) >= 11 is 5.07. The molecule has 0 atom stereocenters. The van der Waals surface area contributed by atoms with E-state index >= 15 is 0 Å². The van der Waals surface area contributed by atoms with Gasteiger partial charge in [-0.15, -0.1) is 0 Å². The maximum absolute atomic E-state index is 5.73. The van der Waals surface area contributed by atoms with Crippen molar-refractivity contribution in [2.24, 2.45) is 5.73 Å². The molecule has 0 bridgehead atoms. The highest BCUT2D eigenvalue weighted by Crippen LogP contribution is 2.42. The number of thiocarbonyl (C=S) groups is 1. The quantitative estimate of drug-likeness (QED) is 0.875. The number of fused-ring (bicyclic) bond motifs is 2. The van der Waals surface area contributed by atoms with E-state index in [1.54, 1.807) is 0 Å². The molecule has 1 saturated carbocycles. The number of nitrogens with two attached hydrogens (primary N) is 1. The average molecular weight is 289 g/mol. The Morgan fingerprint density at radius 2 is 2.00 bits per heavy atom. The summed E-state index contributed by atoms with van der Waals surface area (Å²) in [6, 6.07) is 3.94. The molecule has 0 saturated heterocycles. The van der Waals surface area contributed by atoms with Crippen LogP contribution < -0.4 is 15.2 Å². The first-order valence-electron chi connectivity index (χ1n) is 6.80. The molecule has 0 radical (unpaired) electrons. The predicted octanol–water partition coefficient (Wildman–Crippen LogP) is 1.97. The molecule has 2 aromatic rings. The lowest BCUT2D eigenvalue weighted by Crippen LogP contribution is -2.18. The molecule has 2 heterocycles. The summed E-state index contributed by atoms with van der Waals surface area (Å²) in [4.78, 5) is 5.22. The highest BCUT2D eigenvalue weighted by atomic mass is 32.1. The third-order valence-corrected chi connectivity index (χ3v) is 3.83. The minimum atomic E-state index is 0.473. The van der Waals surface area contributed by atoms with Gasteiger partial charge in [-0.05, 0) is 12.8 Å². The van der Waals surface area contributed by atoms with Crippen molar-refractivity contribution in [1.82, 2.24) is 9.55 Å². The second-order valence-electron chi connectivity index (χ2n) is 5.28. The molecule has 104 valence electrons. The molecule has 1 aliphatic heterocycles. The van der Waals surface area contributed by atoms with Crippen molar-refractivity contribution in [1.29, 1.82) is 0 Å². The van der Waals surface area contributed by atoms with Crippen LogP contribution in [-0.4, -0.2) is 27.8 Å². The fraction of sp³-hybridized carbons (Fsp3) is 0.429. The van der Waals surface area contributed by atoms with Crippen LogP contribution in [0.4, 0.5) is 0 Å². The largest absolute Gasteiger partial charge is 0.486 e. The van der Waals surface area contributed by atoms with Gasteiger partial charge in [0.1, 0.15) is 19.0 Å². The van der Waals surface area contributed by atoms with Gasteiger partial charge in [-0.1, -0.05) is 12.2 Å². The van der Waals surface area contributed by atoms with E-state index in [-0.39, 0.29) is 0 Å². The summed E-state index contributed by atoms with van der Waals surface area (Å²) in [5.41, 5.74) is 7.67. The number of rotatable bonds is 3. The van der Waals surface area contributed by atoms with Gasteiger partial charge in [-0.25, -0.2) is 4.98 Å². The molecule has 0 amide bonds. The molecule has 0 unspecified atom stereocenters. The fourth-order valence-corrected chi connectivity index (χ4v) is 2.78. The molecule has 2 N–H and O–H groups in total. The minimum Gasteiger partial charge on any atom is -0.486 e. The summed E-state index contributed by atoms with van der Waals surface area (Å²) in [6.45, 7) is 1.69. The second-order valence-corrected chi connectivity index (χ2v) is 5.81. The van der Waals surface area contributed by atoms with E-state index in [1.165, 1.54) is 12.8 Å². The summed E-state index contributed by atoms with van der Waals surface area (Å²) < 4.78 is 13.4. The first-order chi connectivity index (χ1) is 9.72. The summed E-state index contributed by atoms with van der Waals surface area (Å²) in [6.07, 6.45) is 2.38. The van der Waals surface area contributed by atoms with Crippen LogP contribution in [0.1, 0.15) is 24.6 Å². The Balaban J connectivity index is 1.91. The maximum Gasteiger partial charge on any atom is 0.163 e. The molecule has 1 aliphatic carbocycles. The van der Waals surface area contributed by atoms with Gasteiger partial charge in [-0.3, -0.25) is 0 Å². The van der Waals surface area contributed by atoms with Gasteiger partial charge in [0.2, 0.25) is 0 Å². The summed E-state index contributed by atoms with van der Waals surface area (Å²) in [5, 5.41) is 0.